The molecule has 5 aliphatic rings. The first-order valence-electron chi connectivity index (χ1n) is 17.1. The smallest absolute Gasteiger partial charge is 0.186 e. The van der Waals surface area contributed by atoms with Gasteiger partial charge in [0.15, 0.2) is 6.29 Å². The highest BCUT2D eigenvalue weighted by atomic mass is 16.7. The van der Waals surface area contributed by atoms with Gasteiger partial charge in [0, 0.05) is 0 Å². The van der Waals surface area contributed by atoms with Crippen LogP contribution in [0.1, 0.15) is 112 Å². The average molecular weight is 577 g/mol. The number of allylic oxidation sites excluding steroid dienone is 1. The monoisotopic (exact) mass is 576 g/mol. The van der Waals surface area contributed by atoms with Gasteiger partial charge >= 0.3 is 0 Å². The normalized spacial score (nSPS) is 47.7. The third-order valence-corrected chi connectivity index (χ3v) is 13.5. The molecule has 41 heavy (non-hydrogen) atoms. The Balaban J connectivity index is 1.24. The van der Waals surface area contributed by atoms with Gasteiger partial charge in [-0.3, -0.25) is 0 Å². The minimum absolute atomic E-state index is 0.101. The van der Waals surface area contributed by atoms with Gasteiger partial charge in [0.05, 0.1) is 12.7 Å². The Morgan fingerprint density at radius 2 is 1.71 bits per heavy atom. The van der Waals surface area contributed by atoms with E-state index in [1.165, 1.54) is 56.9 Å². The van der Waals surface area contributed by atoms with Crippen LogP contribution in [0.5, 0.6) is 0 Å². The fourth-order valence-corrected chi connectivity index (χ4v) is 10.8. The lowest BCUT2D eigenvalue weighted by atomic mass is 9.47. The highest BCUT2D eigenvalue weighted by Gasteiger charge is 2.59. The molecule has 0 spiro atoms. The van der Waals surface area contributed by atoms with E-state index in [-0.39, 0.29) is 11.5 Å². The van der Waals surface area contributed by atoms with Crippen molar-refractivity contribution >= 4 is 0 Å². The molecular formula is C35H60O6. The molecule has 1 heterocycles. The average Bonchev–Trinajstić information content (AvgIpc) is 3.30. The van der Waals surface area contributed by atoms with E-state index in [2.05, 4.69) is 47.6 Å². The van der Waals surface area contributed by atoms with E-state index >= 15 is 0 Å². The quantitative estimate of drug-likeness (QED) is 0.257. The van der Waals surface area contributed by atoms with Crippen LogP contribution in [-0.2, 0) is 9.47 Å². The van der Waals surface area contributed by atoms with E-state index in [1.807, 2.05) is 0 Å². The number of hydrogen-bond donors (Lipinski definition) is 4. The van der Waals surface area contributed by atoms with Crippen molar-refractivity contribution in [3.8, 4) is 0 Å². The van der Waals surface area contributed by atoms with Gasteiger partial charge in [-0.1, -0.05) is 66.0 Å². The summed E-state index contributed by atoms with van der Waals surface area (Å²) in [5.41, 5.74) is 2.19. The van der Waals surface area contributed by atoms with Gasteiger partial charge in [-0.2, -0.15) is 0 Å². The molecule has 0 aromatic heterocycles. The maximum Gasteiger partial charge on any atom is 0.186 e. The molecule has 0 aromatic carbocycles. The summed E-state index contributed by atoms with van der Waals surface area (Å²) in [6.07, 6.45) is 9.92. The van der Waals surface area contributed by atoms with Gasteiger partial charge in [-0.15, -0.1) is 0 Å². The minimum atomic E-state index is -1.40. The summed E-state index contributed by atoms with van der Waals surface area (Å²) in [7, 11) is 0. The molecule has 4 aliphatic carbocycles. The largest absolute Gasteiger partial charge is 0.394 e. The minimum Gasteiger partial charge on any atom is -0.394 e. The van der Waals surface area contributed by atoms with Crippen LogP contribution in [0.2, 0.25) is 0 Å². The van der Waals surface area contributed by atoms with E-state index in [4.69, 9.17) is 9.47 Å². The number of fused-ring (bicyclic) bond motifs is 5. The fraction of sp³-hybridized carbons (Fsp3) is 0.943. The van der Waals surface area contributed by atoms with Crippen LogP contribution in [0.3, 0.4) is 0 Å². The lowest BCUT2D eigenvalue weighted by Crippen LogP contribution is -2.60. The third-order valence-electron chi connectivity index (χ3n) is 13.5. The number of aliphatic hydroxyl groups is 4. The molecule has 4 N–H and O–H groups in total. The van der Waals surface area contributed by atoms with Crippen LogP contribution >= 0.6 is 0 Å². The Bertz CT molecular complexity index is 918. The van der Waals surface area contributed by atoms with E-state index < -0.39 is 37.3 Å². The molecule has 0 bridgehead atoms. The lowest BCUT2D eigenvalue weighted by Gasteiger charge is -2.58. The molecule has 3 saturated carbocycles. The summed E-state index contributed by atoms with van der Waals surface area (Å²) < 4.78 is 11.9. The van der Waals surface area contributed by atoms with Crippen LogP contribution in [0.4, 0.5) is 0 Å². The summed E-state index contributed by atoms with van der Waals surface area (Å²) in [6, 6.07) is 0. The predicted molar refractivity (Wildman–Crippen MR) is 161 cm³/mol. The van der Waals surface area contributed by atoms with Crippen molar-refractivity contribution in [3.05, 3.63) is 11.6 Å². The maximum absolute atomic E-state index is 10.5. The SMILES string of the molecule is CC[C@H](CC[C@H](C)[C@H]1CC[C@@H]2[C@@H]3CC=C4C[C@H](O[C@H]5O[C@H](CO)[C@@H](O)[C@H](O)[C@H]5O)CC[C@@]4(C)[C@H]3CC[C@@]21C)C(C)C. The second kappa shape index (κ2) is 12.5. The Morgan fingerprint density at radius 1 is 0.951 bits per heavy atom. The zero-order valence-corrected chi connectivity index (χ0v) is 26.7. The van der Waals surface area contributed by atoms with Crippen molar-refractivity contribution in [3.63, 3.8) is 0 Å². The molecule has 14 atom stereocenters. The lowest BCUT2D eigenvalue weighted by molar-refractivity contribution is -0.313. The summed E-state index contributed by atoms with van der Waals surface area (Å²) in [5, 5.41) is 40.4. The zero-order valence-electron chi connectivity index (χ0n) is 26.7. The van der Waals surface area contributed by atoms with Crippen molar-refractivity contribution in [2.45, 2.75) is 149 Å². The van der Waals surface area contributed by atoms with Crippen LogP contribution in [-0.4, -0.2) is 63.8 Å². The first-order chi connectivity index (χ1) is 19.4. The van der Waals surface area contributed by atoms with Gasteiger partial charge in [-0.05, 0) is 110 Å². The van der Waals surface area contributed by atoms with Crippen molar-refractivity contribution in [1.82, 2.24) is 0 Å². The zero-order chi connectivity index (χ0) is 29.7. The first kappa shape index (κ1) is 31.9. The van der Waals surface area contributed by atoms with Gasteiger partial charge in [0.25, 0.3) is 0 Å². The van der Waals surface area contributed by atoms with Crippen LogP contribution < -0.4 is 0 Å². The molecule has 1 saturated heterocycles. The molecule has 0 unspecified atom stereocenters. The molecule has 4 fully saturated rings. The van der Waals surface area contributed by atoms with Gasteiger partial charge in [-0.25, -0.2) is 0 Å². The summed E-state index contributed by atoms with van der Waals surface area (Å²) in [4.78, 5) is 0. The molecule has 5 rings (SSSR count). The number of ether oxygens (including phenoxy) is 2. The standard InChI is InChI=1S/C35H60O6/c1-7-22(20(2)3)9-8-21(4)26-12-13-27-25-11-10-23-18-24(14-16-34(23,5)28(25)15-17-35(26,27)6)40-33-32(39)31(38)30(37)29(19-36)41-33/h10,20-22,24-33,36-39H,7-9,11-19H2,1-6H3/t21-,22+,24+,25-,26+,27+,28-,29+,30+,31-,32+,33-,34+,35+/m0/s1. The van der Waals surface area contributed by atoms with Crippen molar-refractivity contribution in [2.75, 3.05) is 6.61 Å². The fourth-order valence-electron chi connectivity index (χ4n) is 10.8. The Labute approximate surface area is 249 Å². The molecule has 6 nitrogen and oxygen atoms in total. The summed E-state index contributed by atoms with van der Waals surface area (Å²) >= 11 is 0. The van der Waals surface area contributed by atoms with Gasteiger partial charge in [0.1, 0.15) is 24.4 Å². The van der Waals surface area contributed by atoms with E-state index in [9.17, 15) is 20.4 Å². The maximum atomic E-state index is 10.5. The number of aliphatic hydroxyl groups excluding tert-OH is 4. The Kier molecular flexibility index (Phi) is 9.71. The van der Waals surface area contributed by atoms with E-state index in [0.29, 0.717) is 5.41 Å². The van der Waals surface area contributed by atoms with Crippen LogP contribution in [0, 0.1) is 52.3 Å². The van der Waals surface area contributed by atoms with Crippen molar-refractivity contribution in [1.29, 1.82) is 0 Å². The molecule has 1 aliphatic heterocycles. The second-order valence-corrected chi connectivity index (χ2v) is 15.7. The Morgan fingerprint density at radius 3 is 2.39 bits per heavy atom. The molecule has 236 valence electrons. The highest BCUT2D eigenvalue weighted by molar-refractivity contribution is 5.25. The van der Waals surface area contributed by atoms with E-state index in [0.717, 1.165) is 60.7 Å². The summed E-state index contributed by atoms with van der Waals surface area (Å²) in [5.74, 6) is 5.66. The van der Waals surface area contributed by atoms with Gasteiger partial charge < -0.3 is 29.9 Å². The third kappa shape index (κ3) is 5.73. The predicted octanol–water partition coefficient (Wildman–Crippen LogP) is 5.85. The number of rotatable bonds is 9. The highest BCUT2D eigenvalue weighted by Crippen LogP contribution is 2.67. The van der Waals surface area contributed by atoms with Crippen molar-refractivity contribution in [2.24, 2.45) is 52.3 Å². The second-order valence-electron chi connectivity index (χ2n) is 15.7. The molecular weight excluding hydrogens is 516 g/mol. The van der Waals surface area contributed by atoms with Gasteiger partial charge in [0.2, 0.25) is 0 Å². The summed E-state index contributed by atoms with van der Waals surface area (Å²) in [6.45, 7) is 14.5. The molecule has 6 heteroatoms. The Hall–Kier alpha value is -0.500. The molecule has 0 aromatic rings. The topological polar surface area (TPSA) is 99.4 Å². The van der Waals surface area contributed by atoms with Crippen LogP contribution in [0.25, 0.3) is 0 Å². The first-order valence-corrected chi connectivity index (χ1v) is 17.1. The van der Waals surface area contributed by atoms with Crippen LogP contribution in [0.15, 0.2) is 11.6 Å². The van der Waals surface area contributed by atoms with E-state index in [1.54, 1.807) is 0 Å². The molecule has 0 amide bonds. The van der Waals surface area contributed by atoms with Crippen molar-refractivity contribution < 1.29 is 29.9 Å². The molecule has 0 radical (unpaired) electrons. The number of hydrogen-bond acceptors (Lipinski definition) is 6.